The molecule has 0 spiro atoms. The fourth-order valence-corrected chi connectivity index (χ4v) is 4.56. The number of Topliss-reactive ketones (excluding diaryl/α,β-unsaturated/α-hetero) is 1. The molecule has 0 aromatic heterocycles. The first-order valence-electron chi connectivity index (χ1n) is 12.4. The monoisotopic (exact) mass is 508 g/mol. The van der Waals surface area contributed by atoms with Gasteiger partial charge in [0.1, 0.15) is 11.5 Å². The number of methoxy groups -OCH3 is 1. The molecule has 9 heteroatoms. The number of ketones is 1. The molecule has 196 valence electrons. The van der Waals surface area contributed by atoms with Gasteiger partial charge in [0.25, 0.3) is 11.7 Å². The number of esters is 1. The number of benzene rings is 2. The van der Waals surface area contributed by atoms with Crippen molar-refractivity contribution in [2.24, 2.45) is 0 Å². The molecule has 2 aromatic carbocycles. The summed E-state index contributed by atoms with van der Waals surface area (Å²) in [5, 5.41) is 11.3. The molecule has 1 N–H and O–H groups in total. The number of carbonyl (C=O) groups is 3. The van der Waals surface area contributed by atoms with Crippen LogP contribution in [0.15, 0.2) is 54.1 Å². The van der Waals surface area contributed by atoms with Gasteiger partial charge < -0.3 is 24.2 Å². The second-order valence-corrected chi connectivity index (χ2v) is 8.94. The number of aliphatic hydroxyl groups excluding tert-OH is 1. The highest BCUT2D eigenvalue weighted by molar-refractivity contribution is 6.46. The molecule has 1 amide bonds. The van der Waals surface area contributed by atoms with Crippen molar-refractivity contribution in [1.29, 1.82) is 0 Å². The molecule has 1 unspecified atom stereocenters. The Morgan fingerprint density at radius 2 is 1.78 bits per heavy atom. The van der Waals surface area contributed by atoms with E-state index in [2.05, 4.69) is 4.90 Å². The maximum Gasteiger partial charge on any atom is 0.337 e. The summed E-state index contributed by atoms with van der Waals surface area (Å²) in [5.41, 5.74) is 1.34. The first-order valence-corrected chi connectivity index (χ1v) is 12.4. The minimum atomic E-state index is -0.812. The molecule has 2 saturated heterocycles. The Hall–Kier alpha value is -3.69. The molecular formula is C28H32N2O7. The third-order valence-corrected chi connectivity index (χ3v) is 6.53. The lowest BCUT2D eigenvalue weighted by Gasteiger charge is -2.31. The van der Waals surface area contributed by atoms with Crippen LogP contribution in [0.4, 0.5) is 0 Å². The second-order valence-electron chi connectivity index (χ2n) is 8.94. The van der Waals surface area contributed by atoms with E-state index in [0.29, 0.717) is 55.4 Å². The lowest BCUT2D eigenvalue weighted by molar-refractivity contribution is -0.140. The van der Waals surface area contributed by atoms with Gasteiger partial charge in [0.05, 0.1) is 44.1 Å². The van der Waals surface area contributed by atoms with E-state index in [9.17, 15) is 19.5 Å². The van der Waals surface area contributed by atoms with E-state index < -0.39 is 23.7 Å². The summed E-state index contributed by atoms with van der Waals surface area (Å²) in [6, 6.07) is 12.6. The topological polar surface area (TPSA) is 106 Å². The third-order valence-electron chi connectivity index (χ3n) is 6.53. The van der Waals surface area contributed by atoms with Crippen molar-refractivity contribution in [3.05, 3.63) is 70.8 Å². The van der Waals surface area contributed by atoms with Crippen LogP contribution in [-0.4, -0.2) is 85.7 Å². The molecule has 0 saturated carbocycles. The van der Waals surface area contributed by atoms with Gasteiger partial charge in [-0.05, 0) is 36.2 Å². The summed E-state index contributed by atoms with van der Waals surface area (Å²) in [5.74, 6) is -1.61. The number of ether oxygens (including phenoxy) is 3. The maximum atomic E-state index is 13.3. The highest BCUT2D eigenvalue weighted by Crippen LogP contribution is 2.39. The molecule has 0 radical (unpaired) electrons. The van der Waals surface area contributed by atoms with Gasteiger partial charge in [0.2, 0.25) is 0 Å². The number of aliphatic hydroxyl groups is 1. The Labute approximate surface area is 216 Å². The number of likely N-dealkylation sites (tertiary alicyclic amines) is 1. The number of nitrogens with zero attached hydrogens (tertiary/aromatic N) is 2. The van der Waals surface area contributed by atoms with E-state index in [1.807, 2.05) is 6.92 Å². The fourth-order valence-electron chi connectivity index (χ4n) is 4.56. The largest absolute Gasteiger partial charge is 0.507 e. The standard InChI is InChI=1S/C28H32N2O7/c1-3-15-37-22-6-4-5-21(18-22)25(31)23-24(19-7-9-20(10-8-19)28(34)35-2)30(27(33)26(23)32)12-11-29-13-16-36-17-14-29/h4-10,18,24,31H,3,11-17H2,1-2H3. The number of hydrogen-bond donors (Lipinski definition) is 1. The highest BCUT2D eigenvalue weighted by atomic mass is 16.5. The van der Waals surface area contributed by atoms with Gasteiger partial charge in [0, 0.05) is 31.7 Å². The zero-order valence-electron chi connectivity index (χ0n) is 21.1. The quantitative estimate of drug-likeness (QED) is 0.239. The molecule has 2 aliphatic rings. The number of amides is 1. The molecule has 0 aliphatic carbocycles. The lowest BCUT2D eigenvalue weighted by atomic mass is 9.94. The second kappa shape index (κ2) is 12.0. The van der Waals surface area contributed by atoms with Crippen molar-refractivity contribution in [1.82, 2.24) is 9.80 Å². The van der Waals surface area contributed by atoms with Crippen LogP contribution in [0.25, 0.3) is 5.76 Å². The minimum absolute atomic E-state index is 0.00503. The van der Waals surface area contributed by atoms with Crippen LogP contribution in [0.3, 0.4) is 0 Å². The first-order chi connectivity index (χ1) is 17.9. The molecule has 4 rings (SSSR count). The predicted molar refractivity (Wildman–Crippen MR) is 136 cm³/mol. The molecule has 9 nitrogen and oxygen atoms in total. The summed E-state index contributed by atoms with van der Waals surface area (Å²) >= 11 is 0. The highest BCUT2D eigenvalue weighted by Gasteiger charge is 2.46. The Bertz CT molecular complexity index is 1170. The third kappa shape index (κ3) is 5.84. The average molecular weight is 509 g/mol. The molecule has 2 heterocycles. The summed E-state index contributed by atoms with van der Waals surface area (Å²) < 4.78 is 15.9. The molecule has 2 fully saturated rings. The molecule has 0 bridgehead atoms. The summed E-state index contributed by atoms with van der Waals surface area (Å²) in [4.78, 5) is 42.1. The normalized spacial score (nSPS) is 19.7. The van der Waals surface area contributed by atoms with E-state index in [0.717, 1.165) is 19.5 Å². The van der Waals surface area contributed by atoms with Gasteiger partial charge in [-0.2, -0.15) is 0 Å². The summed E-state index contributed by atoms with van der Waals surface area (Å²) in [7, 11) is 1.30. The Balaban J connectivity index is 1.73. The average Bonchev–Trinajstić information content (AvgIpc) is 3.19. The van der Waals surface area contributed by atoms with Crippen molar-refractivity contribution in [3.63, 3.8) is 0 Å². The van der Waals surface area contributed by atoms with E-state index in [-0.39, 0.29) is 11.3 Å². The number of hydrogen-bond acceptors (Lipinski definition) is 8. The smallest absolute Gasteiger partial charge is 0.337 e. The van der Waals surface area contributed by atoms with Crippen LogP contribution >= 0.6 is 0 Å². The Kier molecular flexibility index (Phi) is 8.58. The van der Waals surface area contributed by atoms with E-state index in [1.54, 1.807) is 48.5 Å². The van der Waals surface area contributed by atoms with Crippen molar-refractivity contribution >= 4 is 23.4 Å². The van der Waals surface area contributed by atoms with Gasteiger partial charge in [-0.3, -0.25) is 14.5 Å². The maximum absolute atomic E-state index is 13.3. The molecule has 2 aromatic rings. The molecule has 37 heavy (non-hydrogen) atoms. The van der Waals surface area contributed by atoms with E-state index in [4.69, 9.17) is 14.2 Å². The van der Waals surface area contributed by atoms with Gasteiger partial charge in [-0.1, -0.05) is 31.2 Å². The van der Waals surface area contributed by atoms with E-state index >= 15 is 0 Å². The van der Waals surface area contributed by atoms with Gasteiger partial charge in [-0.15, -0.1) is 0 Å². The van der Waals surface area contributed by atoms with Crippen LogP contribution in [0, 0.1) is 0 Å². The van der Waals surface area contributed by atoms with Gasteiger partial charge in [-0.25, -0.2) is 4.79 Å². The van der Waals surface area contributed by atoms with Crippen LogP contribution < -0.4 is 4.74 Å². The molecule has 2 aliphatic heterocycles. The number of rotatable bonds is 9. The fraction of sp³-hybridized carbons (Fsp3) is 0.393. The van der Waals surface area contributed by atoms with Crippen molar-refractivity contribution in [2.45, 2.75) is 19.4 Å². The summed E-state index contributed by atoms with van der Waals surface area (Å²) in [6.45, 7) is 6.09. The van der Waals surface area contributed by atoms with Crippen molar-refractivity contribution in [3.8, 4) is 5.75 Å². The van der Waals surface area contributed by atoms with Crippen molar-refractivity contribution in [2.75, 3.05) is 53.1 Å². The SMILES string of the molecule is CCCOc1cccc(C(O)=C2C(=O)C(=O)N(CCN3CCOCC3)C2c2ccc(C(=O)OC)cc2)c1. The lowest BCUT2D eigenvalue weighted by Crippen LogP contribution is -2.42. The number of carbonyl (C=O) groups excluding carboxylic acids is 3. The van der Waals surface area contributed by atoms with Crippen LogP contribution in [-0.2, 0) is 19.1 Å². The Morgan fingerprint density at radius 1 is 1.05 bits per heavy atom. The molecular weight excluding hydrogens is 476 g/mol. The summed E-state index contributed by atoms with van der Waals surface area (Å²) in [6.07, 6.45) is 0.825. The first kappa shape index (κ1) is 26.4. The van der Waals surface area contributed by atoms with Crippen LogP contribution in [0.2, 0.25) is 0 Å². The van der Waals surface area contributed by atoms with E-state index in [1.165, 1.54) is 12.0 Å². The number of morpholine rings is 1. The predicted octanol–water partition coefficient (Wildman–Crippen LogP) is 3.02. The van der Waals surface area contributed by atoms with Gasteiger partial charge in [0.15, 0.2) is 0 Å². The Morgan fingerprint density at radius 3 is 2.46 bits per heavy atom. The van der Waals surface area contributed by atoms with Gasteiger partial charge >= 0.3 is 5.97 Å². The zero-order chi connectivity index (χ0) is 26.4. The zero-order valence-corrected chi connectivity index (χ0v) is 21.1. The van der Waals surface area contributed by atoms with Crippen LogP contribution in [0.5, 0.6) is 5.75 Å². The van der Waals surface area contributed by atoms with Crippen LogP contribution in [0.1, 0.15) is 40.9 Å². The molecule has 1 atom stereocenters. The minimum Gasteiger partial charge on any atom is -0.507 e. The van der Waals surface area contributed by atoms with Crippen molar-refractivity contribution < 1.29 is 33.7 Å².